The number of carbonyl (C=O) groups excluding carboxylic acids is 2. The predicted molar refractivity (Wildman–Crippen MR) is 127 cm³/mol. The summed E-state index contributed by atoms with van der Waals surface area (Å²) < 4.78 is 16.2. The molecule has 0 saturated carbocycles. The number of aromatic nitrogens is 2. The van der Waals surface area contributed by atoms with Crippen LogP contribution in [0.4, 0.5) is 5.13 Å². The Balaban J connectivity index is 1.91. The third-order valence-electron chi connectivity index (χ3n) is 5.33. The van der Waals surface area contributed by atoms with E-state index in [4.69, 9.17) is 14.2 Å². The molecule has 1 fully saturated rings. The number of aryl methyl sites for hydroxylation is 1. The molecular weight excluding hydrogens is 458 g/mol. The first kappa shape index (κ1) is 23.2. The smallest absolute Gasteiger partial charge is 0.301 e. The Labute approximate surface area is 200 Å². The molecule has 1 aliphatic heterocycles. The number of nitrogens with zero attached hydrogens (tertiary/aromatic N) is 3. The van der Waals surface area contributed by atoms with Crippen molar-refractivity contribution in [3.63, 3.8) is 0 Å². The summed E-state index contributed by atoms with van der Waals surface area (Å²) in [7, 11) is 3.01. The fraction of sp³-hybridized carbons (Fsp3) is 0.250. The second-order valence-electron chi connectivity index (χ2n) is 7.34. The molecule has 1 saturated heterocycles. The summed E-state index contributed by atoms with van der Waals surface area (Å²) in [6.07, 6.45) is 0. The zero-order chi connectivity index (χ0) is 24.4. The number of methoxy groups -OCH3 is 2. The summed E-state index contributed by atoms with van der Waals surface area (Å²) in [4.78, 5) is 27.6. The summed E-state index contributed by atoms with van der Waals surface area (Å²) in [5.74, 6) is -0.394. The number of anilines is 1. The van der Waals surface area contributed by atoms with Crippen molar-refractivity contribution in [1.29, 1.82) is 0 Å². The molecule has 0 spiro atoms. The lowest BCUT2D eigenvalue weighted by Crippen LogP contribution is -2.29. The normalized spacial score (nSPS) is 17.2. The van der Waals surface area contributed by atoms with E-state index >= 15 is 0 Å². The minimum Gasteiger partial charge on any atom is -0.507 e. The number of aliphatic hydroxyl groups is 1. The van der Waals surface area contributed by atoms with E-state index in [9.17, 15) is 14.7 Å². The lowest BCUT2D eigenvalue weighted by molar-refractivity contribution is -0.132. The molecule has 10 heteroatoms. The summed E-state index contributed by atoms with van der Waals surface area (Å²) in [5.41, 5.74) is 0.854. The van der Waals surface area contributed by atoms with Crippen molar-refractivity contribution in [3.8, 4) is 17.2 Å². The average Bonchev–Trinajstić information content (AvgIpc) is 3.39. The molecule has 1 unspecified atom stereocenters. The molecule has 1 N–H and O–H groups in total. The first-order valence-electron chi connectivity index (χ1n) is 10.5. The van der Waals surface area contributed by atoms with Crippen LogP contribution < -0.4 is 19.1 Å². The van der Waals surface area contributed by atoms with Crippen LogP contribution in [0, 0.1) is 6.92 Å². The Kier molecular flexibility index (Phi) is 6.51. The molecular formula is C24H23N3O6S. The molecule has 1 aliphatic rings. The zero-order valence-electron chi connectivity index (χ0n) is 19.1. The highest BCUT2D eigenvalue weighted by Gasteiger charge is 2.48. The van der Waals surface area contributed by atoms with Crippen LogP contribution in [0.25, 0.3) is 5.76 Å². The van der Waals surface area contributed by atoms with E-state index in [1.54, 1.807) is 49.4 Å². The van der Waals surface area contributed by atoms with E-state index in [2.05, 4.69) is 10.2 Å². The Morgan fingerprint density at radius 2 is 1.76 bits per heavy atom. The van der Waals surface area contributed by atoms with Gasteiger partial charge in [0.25, 0.3) is 5.78 Å². The van der Waals surface area contributed by atoms with Crippen molar-refractivity contribution in [2.24, 2.45) is 0 Å². The van der Waals surface area contributed by atoms with Gasteiger partial charge >= 0.3 is 5.91 Å². The summed E-state index contributed by atoms with van der Waals surface area (Å²) in [5, 5.41) is 20.2. The molecule has 1 atom stereocenters. The predicted octanol–water partition coefficient (Wildman–Crippen LogP) is 3.89. The van der Waals surface area contributed by atoms with Gasteiger partial charge in [0.15, 0.2) is 11.5 Å². The number of ether oxygens (including phenoxy) is 3. The molecule has 1 aromatic heterocycles. The molecule has 0 aliphatic carbocycles. The van der Waals surface area contributed by atoms with Gasteiger partial charge in [-0.05, 0) is 55.8 Å². The van der Waals surface area contributed by atoms with Crippen LogP contribution in [0.3, 0.4) is 0 Å². The van der Waals surface area contributed by atoms with Crippen LogP contribution in [-0.4, -0.2) is 47.8 Å². The lowest BCUT2D eigenvalue weighted by atomic mass is 9.95. The maximum Gasteiger partial charge on any atom is 0.301 e. The number of benzene rings is 2. The van der Waals surface area contributed by atoms with Crippen LogP contribution >= 0.6 is 11.3 Å². The van der Waals surface area contributed by atoms with Crippen molar-refractivity contribution in [2.45, 2.75) is 19.9 Å². The van der Waals surface area contributed by atoms with E-state index < -0.39 is 17.7 Å². The number of hydrogen-bond acceptors (Lipinski definition) is 9. The molecule has 9 nitrogen and oxygen atoms in total. The second kappa shape index (κ2) is 9.52. The van der Waals surface area contributed by atoms with Crippen LogP contribution in [0.15, 0.2) is 48.0 Å². The Morgan fingerprint density at radius 3 is 2.35 bits per heavy atom. The molecule has 0 bridgehead atoms. The summed E-state index contributed by atoms with van der Waals surface area (Å²) in [6.45, 7) is 4.12. The van der Waals surface area contributed by atoms with Crippen molar-refractivity contribution in [2.75, 3.05) is 25.7 Å². The molecule has 176 valence electrons. The van der Waals surface area contributed by atoms with Crippen molar-refractivity contribution in [1.82, 2.24) is 10.2 Å². The highest BCUT2D eigenvalue weighted by atomic mass is 32.1. The standard InChI is InChI=1S/C24H23N3O6S/c1-5-33-16-9-6-14(7-10-16)21(28)19-20(15-8-11-17(31-3)18(12-15)32-4)27(23(30)22(19)29)24-26-25-13(2)34-24/h6-12,20,28H,5H2,1-4H3. The molecule has 0 radical (unpaired) electrons. The van der Waals surface area contributed by atoms with Gasteiger partial charge in [-0.25, -0.2) is 0 Å². The zero-order valence-corrected chi connectivity index (χ0v) is 19.9. The van der Waals surface area contributed by atoms with Crippen molar-refractivity contribution in [3.05, 3.63) is 64.2 Å². The highest BCUT2D eigenvalue weighted by Crippen LogP contribution is 2.44. The largest absolute Gasteiger partial charge is 0.507 e. The second-order valence-corrected chi connectivity index (χ2v) is 8.50. The van der Waals surface area contributed by atoms with E-state index in [0.29, 0.717) is 40.0 Å². The van der Waals surface area contributed by atoms with Gasteiger partial charge in [-0.3, -0.25) is 14.5 Å². The number of carbonyl (C=O) groups is 2. The maximum absolute atomic E-state index is 13.2. The monoisotopic (exact) mass is 481 g/mol. The fourth-order valence-electron chi connectivity index (χ4n) is 3.78. The SMILES string of the molecule is CCOc1ccc(C(O)=C2C(=O)C(=O)N(c3nnc(C)s3)C2c2ccc(OC)c(OC)c2)cc1. The van der Waals surface area contributed by atoms with Crippen molar-refractivity contribution < 1.29 is 28.9 Å². The summed E-state index contributed by atoms with van der Waals surface area (Å²) in [6, 6.07) is 10.8. The molecule has 4 rings (SSSR count). The minimum absolute atomic E-state index is 0.0609. The number of aliphatic hydroxyl groups excluding tert-OH is 1. The number of rotatable bonds is 7. The van der Waals surface area contributed by atoms with Gasteiger partial charge in [-0.1, -0.05) is 17.4 Å². The molecule has 3 aromatic rings. The molecule has 1 amide bonds. The first-order valence-corrected chi connectivity index (χ1v) is 11.3. The van der Waals surface area contributed by atoms with Gasteiger partial charge in [-0.15, -0.1) is 10.2 Å². The van der Waals surface area contributed by atoms with Gasteiger partial charge in [0, 0.05) is 5.56 Å². The van der Waals surface area contributed by atoms with Gasteiger partial charge in [-0.2, -0.15) is 0 Å². The fourth-order valence-corrected chi connectivity index (χ4v) is 4.50. The highest BCUT2D eigenvalue weighted by molar-refractivity contribution is 7.15. The lowest BCUT2D eigenvalue weighted by Gasteiger charge is -2.23. The quantitative estimate of drug-likeness (QED) is 0.307. The maximum atomic E-state index is 13.2. The molecule has 2 heterocycles. The van der Waals surface area contributed by atoms with Crippen LogP contribution in [0.5, 0.6) is 17.2 Å². The van der Waals surface area contributed by atoms with Gasteiger partial charge < -0.3 is 19.3 Å². The third-order valence-corrected chi connectivity index (χ3v) is 6.17. The van der Waals surface area contributed by atoms with Crippen molar-refractivity contribution >= 4 is 33.9 Å². The number of Topliss-reactive ketones (excluding diaryl/α,β-unsaturated/α-hetero) is 1. The number of ketones is 1. The van der Waals surface area contributed by atoms with E-state index in [0.717, 1.165) is 0 Å². The van der Waals surface area contributed by atoms with Gasteiger partial charge in [0.1, 0.15) is 16.5 Å². The number of hydrogen-bond donors (Lipinski definition) is 1. The molecule has 34 heavy (non-hydrogen) atoms. The minimum atomic E-state index is -0.946. The van der Waals surface area contributed by atoms with Crippen LogP contribution in [0.1, 0.15) is 29.1 Å². The van der Waals surface area contributed by atoms with E-state index in [1.165, 1.54) is 30.5 Å². The third kappa shape index (κ3) is 4.08. The Morgan fingerprint density at radius 1 is 1.06 bits per heavy atom. The van der Waals surface area contributed by atoms with Crippen LogP contribution in [0.2, 0.25) is 0 Å². The van der Waals surface area contributed by atoms with E-state index in [-0.39, 0.29) is 16.5 Å². The van der Waals surface area contributed by atoms with Gasteiger partial charge in [0.05, 0.1) is 32.4 Å². The topological polar surface area (TPSA) is 111 Å². The average molecular weight is 482 g/mol. The number of amides is 1. The summed E-state index contributed by atoms with van der Waals surface area (Å²) >= 11 is 1.18. The van der Waals surface area contributed by atoms with Gasteiger partial charge in [0.2, 0.25) is 5.13 Å². The first-order chi connectivity index (χ1) is 16.4. The Bertz CT molecular complexity index is 1270. The Hall–Kier alpha value is -3.92. The van der Waals surface area contributed by atoms with E-state index in [1.807, 2.05) is 6.92 Å². The van der Waals surface area contributed by atoms with Crippen LogP contribution in [-0.2, 0) is 9.59 Å². The molecule has 2 aromatic carbocycles.